The van der Waals surface area contributed by atoms with E-state index < -0.39 is 12.2 Å². The molecule has 35 heavy (non-hydrogen) atoms. The average molecular weight is 538 g/mol. The largest absolute Gasteiger partial charge is 1.00 e. The zero-order valence-electron chi connectivity index (χ0n) is 19.9. The van der Waals surface area contributed by atoms with E-state index in [-0.39, 0.29) is 17.0 Å². The highest BCUT2D eigenvalue weighted by Gasteiger charge is 2.23. The lowest BCUT2D eigenvalue weighted by atomic mass is 9.98. The van der Waals surface area contributed by atoms with Gasteiger partial charge >= 0.3 is 12.2 Å². The fourth-order valence-corrected chi connectivity index (χ4v) is 4.18. The van der Waals surface area contributed by atoms with Gasteiger partial charge in [0, 0.05) is 22.7 Å². The summed E-state index contributed by atoms with van der Waals surface area (Å²) in [7, 11) is 0. The van der Waals surface area contributed by atoms with Gasteiger partial charge in [0.2, 0.25) is 11.2 Å². The van der Waals surface area contributed by atoms with Crippen LogP contribution >= 0.6 is 0 Å². The number of aromatic nitrogens is 1. The molecule has 0 spiro atoms. The third-order valence-corrected chi connectivity index (χ3v) is 5.53. The standard InChI is InChI=1S/C27H27N3O4.BrH/c1-4-30-24-17-20(29-27(32)34-6-3)13-15-22(24)21-14-12-19(28-26(31)33-5-2)16-23(21)25(30)18-10-8-7-9-11-18;/h7-17H,4-6H2,1-3H3,(H,28,31);1H. The van der Waals surface area contributed by atoms with Crippen LogP contribution in [0.15, 0.2) is 66.7 Å². The Morgan fingerprint density at radius 2 is 1.31 bits per heavy atom. The van der Waals surface area contributed by atoms with Crippen molar-refractivity contribution >= 4 is 45.2 Å². The molecule has 2 amide bonds. The Kier molecular flexibility index (Phi) is 8.65. The number of pyridine rings is 1. The van der Waals surface area contributed by atoms with Crippen LogP contribution in [0.4, 0.5) is 21.0 Å². The number of nitrogens with zero attached hydrogens (tertiary/aromatic N) is 1. The first kappa shape index (κ1) is 26.0. The summed E-state index contributed by atoms with van der Waals surface area (Å²) in [6.45, 7) is 6.94. The summed E-state index contributed by atoms with van der Waals surface area (Å²) in [6, 6.07) is 21.8. The molecular formula is C27H28BrN3O4. The van der Waals surface area contributed by atoms with Crippen LogP contribution in [0, 0.1) is 0 Å². The van der Waals surface area contributed by atoms with Crippen molar-refractivity contribution in [3.05, 3.63) is 66.7 Å². The smallest absolute Gasteiger partial charge is 0.411 e. The Labute approximate surface area is 214 Å². The van der Waals surface area contributed by atoms with Gasteiger partial charge in [0.15, 0.2) is 0 Å². The third kappa shape index (κ3) is 5.54. The molecule has 0 atom stereocenters. The molecule has 1 heterocycles. The van der Waals surface area contributed by atoms with E-state index in [0.717, 1.165) is 32.9 Å². The van der Waals surface area contributed by atoms with Gasteiger partial charge in [0.1, 0.15) is 6.54 Å². The molecule has 3 aromatic carbocycles. The predicted octanol–water partition coefficient (Wildman–Crippen LogP) is 3.11. The number of fused-ring (bicyclic) bond motifs is 3. The van der Waals surface area contributed by atoms with Crippen LogP contribution in [-0.2, 0) is 16.0 Å². The molecule has 2 N–H and O–H groups in total. The topological polar surface area (TPSA) is 80.5 Å². The Morgan fingerprint density at radius 3 is 1.89 bits per heavy atom. The second-order valence-electron chi connectivity index (χ2n) is 7.64. The summed E-state index contributed by atoms with van der Waals surface area (Å²) in [5, 5.41) is 8.68. The fraction of sp³-hybridized carbons (Fsp3) is 0.222. The first-order chi connectivity index (χ1) is 16.5. The van der Waals surface area contributed by atoms with E-state index in [1.165, 1.54) is 0 Å². The maximum atomic E-state index is 12.0. The monoisotopic (exact) mass is 537 g/mol. The van der Waals surface area contributed by atoms with Crippen molar-refractivity contribution in [2.75, 3.05) is 23.8 Å². The summed E-state index contributed by atoms with van der Waals surface area (Å²) < 4.78 is 12.3. The van der Waals surface area contributed by atoms with Crippen molar-refractivity contribution in [2.45, 2.75) is 27.3 Å². The van der Waals surface area contributed by atoms with Crippen molar-refractivity contribution < 1.29 is 40.6 Å². The number of hydrogen-bond donors (Lipinski definition) is 2. The highest BCUT2D eigenvalue weighted by molar-refractivity contribution is 6.11. The molecule has 0 aliphatic carbocycles. The van der Waals surface area contributed by atoms with Gasteiger partial charge in [-0.2, -0.15) is 4.57 Å². The highest BCUT2D eigenvalue weighted by Crippen LogP contribution is 2.34. The van der Waals surface area contributed by atoms with Crippen LogP contribution in [0.1, 0.15) is 20.8 Å². The van der Waals surface area contributed by atoms with Gasteiger partial charge < -0.3 is 26.5 Å². The van der Waals surface area contributed by atoms with Crippen molar-refractivity contribution in [1.82, 2.24) is 0 Å². The van der Waals surface area contributed by atoms with Gasteiger partial charge in [-0.15, -0.1) is 0 Å². The van der Waals surface area contributed by atoms with E-state index >= 15 is 0 Å². The molecule has 0 fully saturated rings. The van der Waals surface area contributed by atoms with Crippen LogP contribution in [0.2, 0.25) is 0 Å². The number of carbonyl (C=O) groups excluding carboxylic acids is 2. The van der Waals surface area contributed by atoms with E-state index in [0.29, 0.717) is 31.1 Å². The van der Waals surface area contributed by atoms with Crippen molar-refractivity contribution in [3.63, 3.8) is 0 Å². The van der Waals surface area contributed by atoms with E-state index in [1.54, 1.807) is 13.8 Å². The predicted molar refractivity (Wildman–Crippen MR) is 134 cm³/mol. The van der Waals surface area contributed by atoms with Crippen molar-refractivity contribution in [3.8, 4) is 11.3 Å². The third-order valence-electron chi connectivity index (χ3n) is 5.53. The molecule has 0 saturated carbocycles. The maximum absolute atomic E-state index is 12.0. The van der Waals surface area contributed by atoms with E-state index in [2.05, 4.69) is 34.3 Å². The lowest BCUT2D eigenvalue weighted by Crippen LogP contribution is -3.00. The minimum absolute atomic E-state index is 0. The molecule has 0 bridgehead atoms. The Bertz CT molecular complexity index is 1360. The van der Waals surface area contributed by atoms with Crippen LogP contribution in [0.25, 0.3) is 32.9 Å². The van der Waals surface area contributed by atoms with Crippen molar-refractivity contribution in [2.24, 2.45) is 0 Å². The molecule has 4 rings (SSSR count). The number of carbonyl (C=O) groups is 2. The van der Waals surface area contributed by atoms with E-state index in [9.17, 15) is 9.59 Å². The molecule has 1 aromatic heterocycles. The van der Waals surface area contributed by atoms with Gasteiger partial charge in [0.25, 0.3) is 0 Å². The van der Waals surface area contributed by atoms with E-state index in [1.807, 2.05) is 54.6 Å². The normalized spacial score (nSPS) is 10.5. The second-order valence-corrected chi connectivity index (χ2v) is 7.64. The number of benzene rings is 3. The summed E-state index contributed by atoms with van der Waals surface area (Å²) in [5.41, 5.74) is 4.37. The van der Waals surface area contributed by atoms with Gasteiger partial charge in [-0.3, -0.25) is 10.6 Å². The quantitative estimate of drug-likeness (QED) is 0.292. The van der Waals surface area contributed by atoms with Crippen LogP contribution in [0.3, 0.4) is 0 Å². The Balaban J connectivity index is 0.00000342. The molecule has 7 nitrogen and oxygen atoms in total. The van der Waals surface area contributed by atoms with Crippen LogP contribution in [-0.4, -0.2) is 25.4 Å². The molecule has 8 heteroatoms. The summed E-state index contributed by atoms with van der Waals surface area (Å²) in [5.74, 6) is 0. The van der Waals surface area contributed by atoms with Gasteiger partial charge in [-0.05, 0) is 57.2 Å². The summed E-state index contributed by atoms with van der Waals surface area (Å²) in [6.07, 6.45) is -0.967. The lowest BCUT2D eigenvalue weighted by Gasteiger charge is -2.14. The van der Waals surface area contributed by atoms with Crippen LogP contribution in [0.5, 0.6) is 0 Å². The Hall–Kier alpha value is -3.65. The molecule has 0 radical (unpaired) electrons. The average Bonchev–Trinajstić information content (AvgIpc) is 2.83. The number of amides is 2. The minimum Gasteiger partial charge on any atom is -1.00 e. The minimum atomic E-state index is -0.484. The van der Waals surface area contributed by atoms with E-state index in [4.69, 9.17) is 9.47 Å². The molecule has 0 saturated heterocycles. The fourth-order valence-electron chi connectivity index (χ4n) is 4.18. The van der Waals surface area contributed by atoms with Crippen LogP contribution < -0.4 is 32.2 Å². The zero-order valence-corrected chi connectivity index (χ0v) is 21.5. The lowest BCUT2D eigenvalue weighted by molar-refractivity contribution is -0.655. The zero-order chi connectivity index (χ0) is 24.1. The summed E-state index contributed by atoms with van der Waals surface area (Å²) in [4.78, 5) is 24.0. The number of halogens is 1. The maximum Gasteiger partial charge on any atom is 0.411 e. The molecule has 0 aliphatic heterocycles. The SMILES string of the molecule is CCOC(=O)Nc1ccc2c(c1)c(-c1ccccc1)[n+](CC)c1cc(NC(=O)OCC)ccc21.[Br-]. The number of nitrogens with one attached hydrogen (secondary N) is 2. The Morgan fingerprint density at radius 1 is 0.743 bits per heavy atom. The van der Waals surface area contributed by atoms with Gasteiger partial charge in [-0.1, -0.05) is 24.3 Å². The highest BCUT2D eigenvalue weighted by atomic mass is 79.9. The first-order valence-corrected chi connectivity index (χ1v) is 11.4. The first-order valence-electron chi connectivity index (χ1n) is 11.4. The number of ether oxygens (including phenoxy) is 2. The molecule has 4 aromatic rings. The molecular weight excluding hydrogens is 510 g/mol. The molecule has 0 aliphatic rings. The van der Waals surface area contributed by atoms with Gasteiger partial charge in [-0.25, -0.2) is 9.59 Å². The number of aryl methyl sites for hydroxylation is 1. The number of hydrogen-bond acceptors (Lipinski definition) is 4. The molecule has 0 unspecified atom stereocenters. The van der Waals surface area contributed by atoms with Crippen molar-refractivity contribution in [1.29, 1.82) is 0 Å². The summed E-state index contributed by atoms with van der Waals surface area (Å²) >= 11 is 0. The van der Waals surface area contributed by atoms with Gasteiger partial charge in [0.05, 0.1) is 29.7 Å². The second kappa shape index (κ2) is 11.7. The molecule has 182 valence electrons. The number of rotatable bonds is 6. The number of anilines is 2.